The summed E-state index contributed by atoms with van der Waals surface area (Å²) in [7, 11) is 0. The van der Waals surface area contributed by atoms with Gasteiger partial charge in [-0.2, -0.15) is 0 Å². The molecule has 0 aromatic carbocycles. The van der Waals surface area contributed by atoms with Crippen LogP contribution in [0.15, 0.2) is 0 Å². The molecule has 0 aromatic rings. The summed E-state index contributed by atoms with van der Waals surface area (Å²) < 4.78 is 12.8. The maximum atomic E-state index is 12.8. The monoisotopic (exact) mass is 173 g/mol. The summed E-state index contributed by atoms with van der Waals surface area (Å²) in [5, 5.41) is 0. The van der Waals surface area contributed by atoms with Gasteiger partial charge in [0.2, 0.25) is 0 Å². The molecule has 0 heterocycles. The van der Waals surface area contributed by atoms with E-state index in [0.717, 1.165) is 12.3 Å². The number of hydrogen-bond acceptors (Lipinski definition) is 1. The molecule has 0 amide bonds. The van der Waals surface area contributed by atoms with Gasteiger partial charge in [0, 0.05) is 6.54 Å². The van der Waals surface area contributed by atoms with Gasteiger partial charge in [0.25, 0.3) is 0 Å². The lowest BCUT2D eigenvalue weighted by atomic mass is 9.85. The molecule has 0 radical (unpaired) electrons. The highest BCUT2D eigenvalue weighted by atomic mass is 19.1. The standard InChI is InChI=1S/C10H20FN/c11-10(8-12)7-6-9-4-2-1-3-5-9/h9-10H,1-8,12H2. The molecule has 1 saturated carbocycles. The quantitative estimate of drug-likeness (QED) is 0.695. The van der Waals surface area contributed by atoms with E-state index in [9.17, 15) is 4.39 Å². The van der Waals surface area contributed by atoms with E-state index in [1.54, 1.807) is 0 Å². The van der Waals surface area contributed by atoms with E-state index in [0.29, 0.717) is 6.42 Å². The molecule has 1 aliphatic carbocycles. The Morgan fingerprint density at radius 2 is 1.92 bits per heavy atom. The van der Waals surface area contributed by atoms with E-state index < -0.39 is 6.17 Å². The zero-order valence-corrected chi connectivity index (χ0v) is 7.77. The topological polar surface area (TPSA) is 26.0 Å². The van der Waals surface area contributed by atoms with Crippen molar-refractivity contribution in [1.82, 2.24) is 0 Å². The van der Waals surface area contributed by atoms with Gasteiger partial charge in [-0.3, -0.25) is 0 Å². The predicted molar refractivity (Wildman–Crippen MR) is 49.8 cm³/mol. The van der Waals surface area contributed by atoms with Gasteiger partial charge in [-0.05, 0) is 18.8 Å². The van der Waals surface area contributed by atoms with E-state index in [4.69, 9.17) is 5.73 Å². The minimum Gasteiger partial charge on any atom is -0.328 e. The molecular weight excluding hydrogens is 153 g/mol. The third kappa shape index (κ3) is 3.53. The summed E-state index contributed by atoms with van der Waals surface area (Å²) in [6.45, 7) is 0.201. The number of nitrogens with two attached hydrogens (primary N) is 1. The maximum absolute atomic E-state index is 12.8. The second kappa shape index (κ2) is 5.52. The molecule has 1 atom stereocenters. The minimum absolute atomic E-state index is 0.201. The fraction of sp³-hybridized carbons (Fsp3) is 1.00. The van der Waals surface area contributed by atoms with Crippen LogP contribution in [0.3, 0.4) is 0 Å². The number of hydrogen-bond donors (Lipinski definition) is 1. The van der Waals surface area contributed by atoms with Crippen molar-refractivity contribution in [2.45, 2.75) is 51.1 Å². The van der Waals surface area contributed by atoms with Gasteiger partial charge in [-0.15, -0.1) is 0 Å². The van der Waals surface area contributed by atoms with Crippen molar-refractivity contribution in [1.29, 1.82) is 0 Å². The van der Waals surface area contributed by atoms with E-state index in [-0.39, 0.29) is 6.54 Å². The second-order valence-corrected chi connectivity index (χ2v) is 3.91. The number of halogens is 1. The van der Waals surface area contributed by atoms with Crippen LogP contribution in [0.1, 0.15) is 44.9 Å². The molecule has 0 spiro atoms. The summed E-state index contributed by atoms with van der Waals surface area (Å²) in [5.41, 5.74) is 5.21. The first kappa shape index (κ1) is 9.97. The second-order valence-electron chi connectivity index (χ2n) is 3.91. The predicted octanol–water partition coefficient (Wildman–Crippen LogP) is 2.64. The Balaban J connectivity index is 2.05. The van der Waals surface area contributed by atoms with Crippen LogP contribution in [-0.2, 0) is 0 Å². The molecule has 0 aromatic heterocycles. The van der Waals surface area contributed by atoms with Crippen molar-refractivity contribution in [2.24, 2.45) is 11.7 Å². The first-order valence-corrected chi connectivity index (χ1v) is 5.17. The third-order valence-corrected chi connectivity index (χ3v) is 2.87. The third-order valence-electron chi connectivity index (χ3n) is 2.87. The largest absolute Gasteiger partial charge is 0.328 e. The SMILES string of the molecule is NCC(F)CCC1CCCCC1. The highest BCUT2D eigenvalue weighted by molar-refractivity contribution is 4.68. The first-order valence-electron chi connectivity index (χ1n) is 5.17. The number of alkyl halides is 1. The van der Waals surface area contributed by atoms with Crippen LogP contribution in [0.25, 0.3) is 0 Å². The molecule has 2 heteroatoms. The molecule has 1 rings (SSSR count). The summed E-state index contributed by atoms with van der Waals surface area (Å²) >= 11 is 0. The highest BCUT2D eigenvalue weighted by Crippen LogP contribution is 2.27. The van der Waals surface area contributed by atoms with Crippen LogP contribution in [0, 0.1) is 5.92 Å². The van der Waals surface area contributed by atoms with Crippen molar-refractivity contribution >= 4 is 0 Å². The van der Waals surface area contributed by atoms with Gasteiger partial charge in [0.1, 0.15) is 6.17 Å². The lowest BCUT2D eigenvalue weighted by molar-refractivity contribution is 0.264. The van der Waals surface area contributed by atoms with Gasteiger partial charge >= 0.3 is 0 Å². The molecule has 1 fully saturated rings. The fourth-order valence-corrected chi connectivity index (χ4v) is 2.01. The Morgan fingerprint density at radius 3 is 2.50 bits per heavy atom. The molecule has 1 aliphatic rings. The molecule has 2 N–H and O–H groups in total. The van der Waals surface area contributed by atoms with Crippen molar-refractivity contribution in [3.63, 3.8) is 0 Å². The van der Waals surface area contributed by atoms with E-state index in [1.165, 1.54) is 32.1 Å². The van der Waals surface area contributed by atoms with Crippen molar-refractivity contribution < 1.29 is 4.39 Å². The van der Waals surface area contributed by atoms with Gasteiger partial charge in [0.15, 0.2) is 0 Å². The molecule has 0 aliphatic heterocycles. The average molecular weight is 173 g/mol. The zero-order valence-electron chi connectivity index (χ0n) is 7.77. The Bertz CT molecular complexity index is 110. The van der Waals surface area contributed by atoms with Gasteiger partial charge < -0.3 is 5.73 Å². The Labute approximate surface area is 74.5 Å². The van der Waals surface area contributed by atoms with Crippen LogP contribution in [0.5, 0.6) is 0 Å². The highest BCUT2D eigenvalue weighted by Gasteiger charge is 2.14. The Hall–Kier alpha value is -0.110. The first-order chi connectivity index (χ1) is 5.83. The van der Waals surface area contributed by atoms with Crippen molar-refractivity contribution in [3.8, 4) is 0 Å². The summed E-state index contributed by atoms with van der Waals surface area (Å²) in [6, 6.07) is 0. The van der Waals surface area contributed by atoms with E-state index >= 15 is 0 Å². The molecule has 1 nitrogen and oxygen atoms in total. The van der Waals surface area contributed by atoms with Gasteiger partial charge in [-0.25, -0.2) is 4.39 Å². The normalized spacial score (nSPS) is 22.5. The molecule has 12 heavy (non-hydrogen) atoms. The van der Waals surface area contributed by atoms with Crippen LogP contribution in [-0.4, -0.2) is 12.7 Å². The maximum Gasteiger partial charge on any atom is 0.112 e. The van der Waals surface area contributed by atoms with Crippen LogP contribution in [0.4, 0.5) is 4.39 Å². The fourth-order valence-electron chi connectivity index (χ4n) is 2.01. The average Bonchev–Trinajstić information content (AvgIpc) is 2.16. The van der Waals surface area contributed by atoms with E-state index in [2.05, 4.69) is 0 Å². The smallest absolute Gasteiger partial charge is 0.112 e. The zero-order chi connectivity index (χ0) is 8.81. The Morgan fingerprint density at radius 1 is 1.25 bits per heavy atom. The lowest BCUT2D eigenvalue weighted by Gasteiger charge is -2.21. The van der Waals surface area contributed by atoms with E-state index in [1.807, 2.05) is 0 Å². The van der Waals surface area contributed by atoms with Crippen LogP contribution in [0.2, 0.25) is 0 Å². The van der Waals surface area contributed by atoms with Gasteiger partial charge in [-0.1, -0.05) is 32.1 Å². The number of rotatable bonds is 4. The van der Waals surface area contributed by atoms with Crippen molar-refractivity contribution in [3.05, 3.63) is 0 Å². The molecule has 0 bridgehead atoms. The summed E-state index contributed by atoms with van der Waals surface area (Å²) in [5.74, 6) is 0.795. The Kier molecular flexibility index (Phi) is 4.59. The minimum atomic E-state index is -0.757. The molecular formula is C10H20FN. The summed E-state index contributed by atoms with van der Waals surface area (Å²) in [4.78, 5) is 0. The van der Waals surface area contributed by atoms with Crippen LogP contribution < -0.4 is 5.73 Å². The lowest BCUT2D eigenvalue weighted by Crippen LogP contribution is -2.17. The molecule has 72 valence electrons. The van der Waals surface area contributed by atoms with Crippen LogP contribution >= 0.6 is 0 Å². The summed E-state index contributed by atoms with van der Waals surface area (Å²) in [6.07, 6.45) is 7.70. The van der Waals surface area contributed by atoms with Gasteiger partial charge in [0.05, 0.1) is 0 Å². The molecule has 0 saturated heterocycles. The molecule has 1 unspecified atom stereocenters. The van der Waals surface area contributed by atoms with Crippen molar-refractivity contribution in [2.75, 3.05) is 6.54 Å².